The second-order valence-electron chi connectivity index (χ2n) is 8.38. The van der Waals surface area contributed by atoms with Crippen LogP contribution < -0.4 is 4.90 Å². The van der Waals surface area contributed by atoms with Gasteiger partial charge in [0.05, 0.1) is 17.1 Å². The molecule has 0 atom stereocenters. The van der Waals surface area contributed by atoms with Gasteiger partial charge in [-0.15, -0.1) is 11.3 Å². The average molecular weight is 346 g/mol. The Kier molecular flexibility index (Phi) is 2.77. The molecule has 3 heterocycles. The fraction of sp³-hybridized carbons (Fsp3) is 0.304. The Bertz CT molecular complexity index is 1020. The van der Waals surface area contributed by atoms with Crippen LogP contribution in [0, 0.1) is 6.92 Å². The first-order valence-corrected chi connectivity index (χ1v) is 9.79. The van der Waals surface area contributed by atoms with E-state index in [9.17, 15) is 0 Å². The van der Waals surface area contributed by atoms with Gasteiger partial charge in [0, 0.05) is 20.6 Å². The SMILES string of the molecule is Cc1cc2c(s1)C(C)(C)c1cccc3c1N2c1ccccc1C3(C)C. The van der Waals surface area contributed by atoms with E-state index in [-0.39, 0.29) is 10.8 Å². The summed E-state index contributed by atoms with van der Waals surface area (Å²) in [6.45, 7) is 11.7. The Morgan fingerprint density at radius 1 is 0.760 bits per heavy atom. The highest BCUT2D eigenvalue weighted by Gasteiger charge is 2.45. The third-order valence-corrected chi connectivity index (χ3v) is 7.43. The molecule has 0 N–H and O–H groups in total. The second kappa shape index (κ2) is 4.56. The molecule has 0 radical (unpaired) electrons. The summed E-state index contributed by atoms with van der Waals surface area (Å²) in [5.74, 6) is 0. The summed E-state index contributed by atoms with van der Waals surface area (Å²) in [7, 11) is 0. The number of thiophene rings is 1. The predicted octanol–water partition coefficient (Wildman–Crippen LogP) is 6.80. The van der Waals surface area contributed by atoms with Gasteiger partial charge in [-0.05, 0) is 35.7 Å². The minimum atomic E-state index is 0.0110. The molecule has 0 saturated heterocycles. The molecule has 25 heavy (non-hydrogen) atoms. The van der Waals surface area contributed by atoms with Crippen LogP contribution in [0.5, 0.6) is 0 Å². The summed E-state index contributed by atoms with van der Waals surface area (Å²) in [5, 5.41) is 0. The van der Waals surface area contributed by atoms with Crippen molar-refractivity contribution in [2.24, 2.45) is 0 Å². The first kappa shape index (κ1) is 15.2. The Morgan fingerprint density at radius 3 is 2.16 bits per heavy atom. The van der Waals surface area contributed by atoms with Crippen molar-refractivity contribution in [1.29, 1.82) is 0 Å². The zero-order valence-corrected chi connectivity index (χ0v) is 16.3. The molecule has 0 fully saturated rings. The molecular weight excluding hydrogens is 322 g/mol. The molecule has 2 aliphatic heterocycles. The maximum absolute atomic E-state index is 2.52. The van der Waals surface area contributed by atoms with Crippen molar-refractivity contribution in [2.45, 2.75) is 45.4 Å². The summed E-state index contributed by atoms with van der Waals surface area (Å²) in [4.78, 5) is 5.38. The fourth-order valence-electron chi connectivity index (χ4n) is 4.74. The predicted molar refractivity (Wildman–Crippen MR) is 108 cm³/mol. The highest BCUT2D eigenvalue weighted by Crippen LogP contribution is 2.61. The Hall–Kier alpha value is -2.06. The number of para-hydroxylation sites is 2. The number of aryl methyl sites for hydroxylation is 1. The molecule has 5 rings (SSSR count). The standard InChI is InChI=1S/C23H23NS/c1-14-13-19-21(25-14)23(4,5)17-11-8-10-16-20(17)24(19)18-12-7-6-9-15(18)22(16,2)3/h6-13H,1-5H3. The molecule has 0 saturated carbocycles. The number of fused-ring (bicyclic) bond motifs is 4. The van der Waals surface area contributed by atoms with Gasteiger partial charge in [-0.2, -0.15) is 0 Å². The van der Waals surface area contributed by atoms with Gasteiger partial charge in [0.1, 0.15) is 0 Å². The first-order chi connectivity index (χ1) is 11.8. The zero-order chi connectivity index (χ0) is 17.6. The fourth-order valence-corrected chi connectivity index (χ4v) is 5.86. The van der Waals surface area contributed by atoms with Crippen molar-refractivity contribution in [3.8, 4) is 0 Å². The van der Waals surface area contributed by atoms with E-state index in [2.05, 4.69) is 88.0 Å². The summed E-state index contributed by atoms with van der Waals surface area (Å²) < 4.78 is 0. The summed E-state index contributed by atoms with van der Waals surface area (Å²) >= 11 is 1.94. The molecule has 2 heteroatoms. The quantitative estimate of drug-likeness (QED) is 0.433. The minimum absolute atomic E-state index is 0.0110. The average Bonchev–Trinajstić information content (AvgIpc) is 2.97. The lowest BCUT2D eigenvalue weighted by Gasteiger charge is -2.48. The van der Waals surface area contributed by atoms with Gasteiger partial charge in [0.15, 0.2) is 0 Å². The molecule has 0 aliphatic carbocycles. The van der Waals surface area contributed by atoms with E-state index < -0.39 is 0 Å². The molecule has 0 amide bonds. The maximum Gasteiger partial charge on any atom is 0.0612 e. The molecule has 3 aromatic rings. The Morgan fingerprint density at radius 2 is 1.40 bits per heavy atom. The van der Waals surface area contributed by atoms with E-state index in [1.807, 2.05) is 11.3 Å². The van der Waals surface area contributed by atoms with Crippen LogP contribution in [0.3, 0.4) is 0 Å². The molecule has 0 unspecified atom stereocenters. The molecule has 2 aromatic carbocycles. The maximum atomic E-state index is 2.52. The first-order valence-electron chi connectivity index (χ1n) is 8.98. The molecule has 1 nitrogen and oxygen atoms in total. The third-order valence-electron chi connectivity index (χ3n) is 6.07. The van der Waals surface area contributed by atoms with Gasteiger partial charge >= 0.3 is 0 Å². The van der Waals surface area contributed by atoms with Crippen molar-refractivity contribution in [1.82, 2.24) is 0 Å². The van der Waals surface area contributed by atoms with E-state index in [4.69, 9.17) is 0 Å². The molecule has 0 bridgehead atoms. The van der Waals surface area contributed by atoms with Crippen LogP contribution in [0.1, 0.15) is 54.1 Å². The van der Waals surface area contributed by atoms with Crippen molar-refractivity contribution in [2.75, 3.05) is 4.90 Å². The number of nitrogens with zero attached hydrogens (tertiary/aromatic N) is 1. The van der Waals surface area contributed by atoms with Crippen molar-refractivity contribution >= 4 is 28.4 Å². The van der Waals surface area contributed by atoms with Crippen LogP contribution in [-0.4, -0.2) is 0 Å². The van der Waals surface area contributed by atoms with E-state index in [1.54, 1.807) is 0 Å². The summed E-state index contributed by atoms with van der Waals surface area (Å²) in [6, 6.07) is 18.2. The zero-order valence-electron chi connectivity index (χ0n) is 15.5. The van der Waals surface area contributed by atoms with Crippen molar-refractivity contribution in [3.63, 3.8) is 0 Å². The third kappa shape index (κ3) is 1.73. The van der Waals surface area contributed by atoms with Gasteiger partial charge in [-0.1, -0.05) is 64.1 Å². The van der Waals surface area contributed by atoms with Crippen LogP contribution in [0.25, 0.3) is 0 Å². The van der Waals surface area contributed by atoms with Crippen LogP contribution in [-0.2, 0) is 10.8 Å². The molecular formula is C23H23NS. The van der Waals surface area contributed by atoms with Gasteiger partial charge in [-0.25, -0.2) is 0 Å². The van der Waals surface area contributed by atoms with Crippen molar-refractivity contribution in [3.05, 3.63) is 75.0 Å². The lowest BCUT2D eigenvalue weighted by molar-refractivity contribution is 0.604. The lowest BCUT2D eigenvalue weighted by atomic mass is 9.68. The minimum Gasteiger partial charge on any atom is -0.308 e. The normalized spacial score (nSPS) is 18.4. The van der Waals surface area contributed by atoms with Gasteiger partial charge in [0.2, 0.25) is 0 Å². The molecule has 0 spiro atoms. The molecule has 2 aliphatic rings. The lowest BCUT2D eigenvalue weighted by Crippen LogP contribution is -2.37. The second-order valence-corrected chi connectivity index (χ2v) is 9.63. The van der Waals surface area contributed by atoms with E-state index in [0.717, 1.165) is 0 Å². The number of hydrogen-bond donors (Lipinski definition) is 0. The van der Waals surface area contributed by atoms with E-state index in [1.165, 1.54) is 43.5 Å². The number of anilines is 3. The van der Waals surface area contributed by atoms with Crippen LogP contribution in [0.15, 0.2) is 48.5 Å². The number of benzene rings is 2. The van der Waals surface area contributed by atoms with Crippen LogP contribution in [0.4, 0.5) is 17.1 Å². The number of hydrogen-bond acceptors (Lipinski definition) is 2. The summed E-state index contributed by atoms with van der Waals surface area (Å²) in [5.41, 5.74) is 8.46. The Balaban J connectivity index is 1.97. The largest absolute Gasteiger partial charge is 0.308 e. The summed E-state index contributed by atoms with van der Waals surface area (Å²) in [6.07, 6.45) is 0. The van der Waals surface area contributed by atoms with E-state index >= 15 is 0 Å². The van der Waals surface area contributed by atoms with Gasteiger partial charge < -0.3 is 4.90 Å². The number of rotatable bonds is 0. The van der Waals surface area contributed by atoms with Crippen LogP contribution >= 0.6 is 11.3 Å². The Labute approximate surface area is 153 Å². The highest BCUT2D eigenvalue weighted by molar-refractivity contribution is 7.12. The topological polar surface area (TPSA) is 3.24 Å². The van der Waals surface area contributed by atoms with Gasteiger partial charge in [-0.3, -0.25) is 0 Å². The van der Waals surface area contributed by atoms with E-state index in [0.29, 0.717) is 0 Å². The van der Waals surface area contributed by atoms with Gasteiger partial charge in [0.25, 0.3) is 0 Å². The smallest absolute Gasteiger partial charge is 0.0612 e. The molecule has 1 aromatic heterocycles. The van der Waals surface area contributed by atoms with Crippen LogP contribution in [0.2, 0.25) is 0 Å². The van der Waals surface area contributed by atoms with Crippen molar-refractivity contribution < 1.29 is 0 Å². The monoisotopic (exact) mass is 345 g/mol. The molecule has 126 valence electrons. The highest BCUT2D eigenvalue weighted by atomic mass is 32.1.